The van der Waals surface area contributed by atoms with Gasteiger partial charge >= 0.3 is 8.80 Å². The molecule has 0 aromatic rings. The molecule has 1 atom stereocenters. The number of alkyl halides is 2. The van der Waals surface area contributed by atoms with Crippen LogP contribution in [0.2, 0.25) is 6.04 Å². The van der Waals surface area contributed by atoms with Gasteiger partial charge in [0.15, 0.2) is 0 Å². The van der Waals surface area contributed by atoms with Crippen molar-refractivity contribution in [2.45, 2.75) is 38.3 Å². The van der Waals surface area contributed by atoms with Gasteiger partial charge in [-0.25, -0.2) is 0 Å². The molecular weight excluding hydrogens is 267 g/mol. The van der Waals surface area contributed by atoms with Gasteiger partial charge in [0.05, 0.1) is 0 Å². The minimum Gasteiger partial charge on any atom is -0.377 e. The molecule has 0 aromatic carbocycles. The summed E-state index contributed by atoms with van der Waals surface area (Å²) in [5, 5.41) is 0. The molecule has 0 bridgehead atoms. The van der Waals surface area contributed by atoms with E-state index in [0.717, 1.165) is 25.3 Å². The Labute approximate surface area is 110 Å². The Kier molecular flexibility index (Phi) is 10.1. The van der Waals surface area contributed by atoms with Gasteiger partial charge in [-0.3, -0.25) is 0 Å². The molecule has 0 aromatic heterocycles. The topological polar surface area (TPSA) is 27.7 Å². The molecule has 0 aliphatic heterocycles. The lowest BCUT2D eigenvalue weighted by Crippen LogP contribution is -2.46. The van der Waals surface area contributed by atoms with Crippen LogP contribution in [0.15, 0.2) is 0 Å². The minimum atomic E-state index is -2.51. The van der Waals surface area contributed by atoms with E-state index in [4.69, 9.17) is 36.5 Å². The van der Waals surface area contributed by atoms with E-state index in [9.17, 15) is 0 Å². The van der Waals surface area contributed by atoms with Gasteiger partial charge in [0.2, 0.25) is 0 Å². The van der Waals surface area contributed by atoms with Crippen molar-refractivity contribution in [2.24, 2.45) is 0 Å². The first-order valence-corrected chi connectivity index (χ1v) is 8.54. The average Bonchev–Trinajstić information content (AvgIpc) is 2.32. The molecule has 0 amide bonds. The first-order valence-electron chi connectivity index (χ1n) is 5.54. The third-order valence-electron chi connectivity index (χ3n) is 2.36. The maximum absolute atomic E-state index is 5.92. The molecule has 16 heavy (non-hydrogen) atoms. The van der Waals surface area contributed by atoms with Crippen LogP contribution in [0.3, 0.4) is 0 Å². The van der Waals surface area contributed by atoms with Crippen LogP contribution in [0.4, 0.5) is 0 Å². The summed E-state index contributed by atoms with van der Waals surface area (Å²) in [7, 11) is 0.769. The number of hydrogen-bond donors (Lipinski definition) is 0. The summed E-state index contributed by atoms with van der Waals surface area (Å²) in [5.41, 5.74) is 0. The summed E-state index contributed by atoms with van der Waals surface area (Å²) in [6, 6.07) is 0.759. The van der Waals surface area contributed by atoms with Crippen molar-refractivity contribution in [1.29, 1.82) is 0 Å². The van der Waals surface area contributed by atoms with Gasteiger partial charge in [-0.1, -0.05) is 0 Å². The predicted octanol–water partition coefficient (Wildman–Crippen LogP) is 3.27. The van der Waals surface area contributed by atoms with Crippen LogP contribution in [0.1, 0.15) is 26.2 Å². The van der Waals surface area contributed by atoms with Crippen molar-refractivity contribution in [3.05, 3.63) is 0 Å². The van der Waals surface area contributed by atoms with Crippen LogP contribution >= 0.6 is 23.2 Å². The molecule has 0 saturated heterocycles. The molecule has 0 N–H and O–H groups in total. The molecule has 3 nitrogen and oxygen atoms in total. The molecule has 0 rings (SSSR count). The first kappa shape index (κ1) is 16.7. The normalized spacial score (nSPS) is 14.1. The van der Waals surface area contributed by atoms with Crippen molar-refractivity contribution < 1.29 is 13.3 Å². The molecule has 6 heteroatoms. The Morgan fingerprint density at radius 1 is 1.06 bits per heavy atom. The van der Waals surface area contributed by atoms with Gasteiger partial charge in [0.25, 0.3) is 0 Å². The van der Waals surface area contributed by atoms with E-state index in [1.165, 1.54) is 0 Å². The molecular formula is C10H22Cl2O3Si. The standard InChI is InChI=1S/C10H22Cl2O3Si/c1-10(6-4-7-11)15-16(13-2,14-3)9-5-8-12/h10H,4-9H2,1-3H3. The zero-order valence-corrected chi connectivity index (χ0v) is 12.8. The summed E-state index contributed by atoms with van der Waals surface area (Å²) in [6.45, 7) is 2.02. The van der Waals surface area contributed by atoms with E-state index < -0.39 is 8.80 Å². The Morgan fingerprint density at radius 3 is 2.06 bits per heavy atom. The van der Waals surface area contributed by atoms with E-state index in [0.29, 0.717) is 11.8 Å². The van der Waals surface area contributed by atoms with Crippen LogP contribution in [-0.2, 0) is 13.3 Å². The Balaban J connectivity index is 4.17. The van der Waals surface area contributed by atoms with Gasteiger partial charge in [0.1, 0.15) is 0 Å². The Morgan fingerprint density at radius 2 is 1.62 bits per heavy atom. The molecule has 0 saturated carbocycles. The van der Waals surface area contributed by atoms with E-state index in [-0.39, 0.29) is 6.10 Å². The fourth-order valence-electron chi connectivity index (χ4n) is 1.46. The second kappa shape index (κ2) is 9.68. The maximum atomic E-state index is 5.92. The lowest BCUT2D eigenvalue weighted by Gasteiger charge is -2.29. The summed E-state index contributed by atoms with van der Waals surface area (Å²) in [5.74, 6) is 1.25. The van der Waals surface area contributed by atoms with E-state index >= 15 is 0 Å². The van der Waals surface area contributed by atoms with Crippen molar-refractivity contribution >= 4 is 32.0 Å². The van der Waals surface area contributed by atoms with E-state index in [2.05, 4.69) is 0 Å². The Bertz CT molecular complexity index is 168. The van der Waals surface area contributed by atoms with Crippen LogP contribution < -0.4 is 0 Å². The second-order valence-corrected chi connectivity index (χ2v) is 7.32. The predicted molar refractivity (Wildman–Crippen MR) is 70.4 cm³/mol. The van der Waals surface area contributed by atoms with Crippen molar-refractivity contribution in [3.8, 4) is 0 Å². The molecule has 0 heterocycles. The summed E-state index contributed by atoms with van der Waals surface area (Å²) in [4.78, 5) is 0. The third-order valence-corrected chi connectivity index (χ3v) is 5.87. The fraction of sp³-hybridized carbons (Fsp3) is 1.00. The minimum absolute atomic E-state index is 0.112. The van der Waals surface area contributed by atoms with Gasteiger partial charge in [-0.2, -0.15) is 0 Å². The molecule has 0 aliphatic carbocycles. The molecule has 0 radical (unpaired) electrons. The molecule has 0 spiro atoms. The molecule has 0 aliphatic rings. The summed E-state index contributed by atoms with van der Waals surface area (Å²) < 4.78 is 16.8. The van der Waals surface area contributed by atoms with Crippen LogP contribution in [0.25, 0.3) is 0 Å². The number of hydrogen-bond acceptors (Lipinski definition) is 3. The van der Waals surface area contributed by atoms with E-state index in [1.807, 2.05) is 6.92 Å². The summed E-state index contributed by atoms with van der Waals surface area (Å²) in [6.07, 6.45) is 2.82. The lowest BCUT2D eigenvalue weighted by atomic mass is 10.2. The zero-order valence-electron chi connectivity index (χ0n) is 10.3. The first-order chi connectivity index (χ1) is 7.64. The zero-order chi connectivity index (χ0) is 12.4. The highest BCUT2D eigenvalue weighted by atomic mass is 35.5. The SMILES string of the molecule is CO[Si](CCCCl)(OC)OC(C)CCCCl. The smallest absolute Gasteiger partial charge is 0.377 e. The molecule has 1 unspecified atom stereocenters. The highest BCUT2D eigenvalue weighted by molar-refractivity contribution is 6.60. The van der Waals surface area contributed by atoms with Crippen molar-refractivity contribution in [1.82, 2.24) is 0 Å². The van der Waals surface area contributed by atoms with Crippen molar-refractivity contribution in [3.63, 3.8) is 0 Å². The summed E-state index contributed by atoms with van der Waals surface area (Å²) >= 11 is 11.3. The quantitative estimate of drug-likeness (QED) is 0.456. The second-order valence-electron chi connectivity index (χ2n) is 3.64. The third kappa shape index (κ3) is 6.42. The number of rotatable bonds is 10. The largest absolute Gasteiger partial charge is 0.500 e. The van der Waals surface area contributed by atoms with Gasteiger partial charge in [0, 0.05) is 38.1 Å². The van der Waals surface area contributed by atoms with Crippen LogP contribution in [0, 0.1) is 0 Å². The van der Waals surface area contributed by atoms with Crippen LogP contribution in [-0.4, -0.2) is 40.9 Å². The highest BCUT2D eigenvalue weighted by Crippen LogP contribution is 2.20. The lowest BCUT2D eigenvalue weighted by molar-refractivity contribution is 0.0588. The highest BCUT2D eigenvalue weighted by Gasteiger charge is 2.39. The van der Waals surface area contributed by atoms with Gasteiger partial charge in [-0.15, -0.1) is 23.2 Å². The van der Waals surface area contributed by atoms with E-state index in [1.54, 1.807) is 14.2 Å². The fourth-order valence-corrected chi connectivity index (χ4v) is 4.19. The molecule has 0 fully saturated rings. The molecule has 98 valence electrons. The maximum Gasteiger partial charge on any atom is 0.500 e. The van der Waals surface area contributed by atoms with Gasteiger partial charge < -0.3 is 13.3 Å². The van der Waals surface area contributed by atoms with Gasteiger partial charge in [-0.05, 0) is 26.2 Å². The number of halogens is 2. The Hall–Kier alpha value is 0.677. The monoisotopic (exact) mass is 288 g/mol. The van der Waals surface area contributed by atoms with Crippen LogP contribution in [0.5, 0.6) is 0 Å². The average molecular weight is 289 g/mol. The van der Waals surface area contributed by atoms with Crippen molar-refractivity contribution in [2.75, 3.05) is 26.0 Å².